The monoisotopic (exact) mass is 342 g/mol. The smallest absolute Gasteiger partial charge is 0.238 e. The van der Waals surface area contributed by atoms with Crippen molar-refractivity contribution in [1.82, 2.24) is 9.62 Å². The topological polar surface area (TPSA) is 84.9 Å². The minimum absolute atomic E-state index is 0.264. The van der Waals surface area contributed by atoms with Crippen LogP contribution in [0.25, 0.3) is 0 Å². The first-order valence-electron chi connectivity index (χ1n) is 7.32. The van der Waals surface area contributed by atoms with E-state index in [1.54, 1.807) is 32.4 Å². The van der Waals surface area contributed by atoms with Gasteiger partial charge in [0.1, 0.15) is 17.5 Å². The number of ether oxygens (including phenoxy) is 2. The Labute approximate surface area is 136 Å². The molecule has 0 saturated carbocycles. The van der Waals surface area contributed by atoms with E-state index in [0.717, 1.165) is 11.8 Å². The number of hydrogen-bond donors (Lipinski definition) is 1. The summed E-state index contributed by atoms with van der Waals surface area (Å²) in [6.07, 6.45) is 2.36. The van der Waals surface area contributed by atoms with Crippen LogP contribution in [0.4, 0.5) is 0 Å². The van der Waals surface area contributed by atoms with Crippen LogP contribution in [0.1, 0.15) is 18.4 Å². The molecule has 1 aromatic carbocycles. The van der Waals surface area contributed by atoms with Gasteiger partial charge in [-0.15, -0.1) is 0 Å². The van der Waals surface area contributed by atoms with Crippen LogP contribution in [0.5, 0.6) is 11.5 Å². The number of benzene rings is 1. The van der Waals surface area contributed by atoms with Crippen molar-refractivity contribution >= 4 is 15.9 Å². The van der Waals surface area contributed by atoms with Gasteiger partial charge in [0.05, 0.1) is 20.5 Å². The fraction of sp³-hybridized carbons (Fsp3) is 0.533. The number of amides is 1. The highest BCUT2D eigenvalue weighted by atomic mass is 32.2. The highest BCUT2D eigenvalue weighted by molar-refractivity contribution is 7.88. The molecular weight excluding hydrogens is 320 g/mol. The zero-order chi connectivity index (χ0) is 17.0. The fourth-order valence-corrected chi connectivity index (χ4v) is 3.82. The number of rotatable bonds is 6. The number of carbonyl (C=O) groups excluding carboxylic acids is 1. The van der Waals surface area contributed by atoms with Crippen LogP contribution in [0.15, 0.2) is 18.2 Å². The van der Waals surface area contributed by atoms with Gasteiger partial charge in [-0.05, 0) is 25.0 Å². The first kappa shape index (κ1) is 17.6. The fourth-order valence-electron chi connectivity index (χ4n) is 2.70. The summed E-state index contributed by atoms with van der Waals surface area (Å²) in [6.45, 7) is 0.656. The van der Waals surface area contributed by atoms with E-state index in [9.17, 15) is 13.2 Å². The Balaban J connectivity index is 2.05. The molecule has 1 heterocycles. The van der Waals surface area contributed by atoms with Crippen LogP contribution in [-0.4, -0.2) is 51.7 Å². The average molecular weight is 342 g/mol. The van der Waals surface area contributed by atoms with Gasteiger partial charge < -0.3 is 14.8 Å². The van der Waals surface area contributed by atoms with Crippen molar-refractivity contribution in [2.45, 2.75) is 25.4 Å². The van der Waals surface area contributed by atoms with E-state index in [2.05, 4.69) is 5.32 Å². The van der Waals surface area contributed by atoms with Crippen LogP contribution in [-0.2, 0) is 21.4 Å². The number of sulfonamides is 1. The van der Waals surface area contributed by atoms with E-state index in [4.69, 9.17) is 9.47 Å². The largest absolute Gasteiger partial charge is 0.497 e. The van der Waals surface area contributed by atoms with E-state index >= 15 is 0 Å². The van der Waals surface area contributed by atoms with E-state index in [0.29, 0.717) is 30.9 Å². The van der Waals surface area contributed by atoms with E-state index < -0.39 is 16.1 Å². The summed E-state index contributed by atoms with van der Waals surface area (Å²) < 4.78 is 35.1. The standard InChI is InChI=1S/C15H22N2O5S/c1-21-12-7-6-11(14(9-12)22-2)10-16-15(18)13-5-4-8-17(13)23(3,19)20/h6-7,9,13H,4-5,8,10H2,1-3H3,(H,16,18)/t13-/m1/s1. The van der Waals surface area contributed by atoms with Crippen LogP contribution < -0.4 is 14.8 Å². The van der Waals surface area contributed by atoms with Crippen LogP contribution >= 0.6 is 0 Å². The van der Waals surface area contributed by atoms with Crippen LogP contribution in [0.3, 0.4) is 0 Å². The minimum Gasteiger partial charge on any atom is -0.497 e. The van der Waals surface area contributed by atoms with Gasteiger partial charge in [0.15, 0.2) is 0 Å². The molecule has 1 aromatic rings. The van der Waals surface area contributed by atoms with Gasteiger partial charge in [-0.2, -0.15) is 4.31 Å². The SMILES string of the molecule is COc1ccc(CNC(=O)[C@H]2CCCN2S(C)(=O)=O)c(OC)c1. The molecule has 1 aliphatic rings. The molecule has 1 fully saturated rings. The molecule has 23 heavy (non-hydrogen) atoms. The van der Waals surface area contributed by atoms with Gasteiger partial charge in [0.2, 0.25) is 15.9 Å². The third kappa shape index (κ3) is 4.14. The summed E-state index contributed by atoms with van der Waals surface area (Å²) in [5.41, 5.74) is 0.797. The summed E-state index contributed by atoms with van der Waals surface area (Å²) in [7, 11) is -0.261. The van der Waals surface area contributed by atoms with Crippen molar-refractivity contribution in [3.63, 3.8) is 0 Å². The lowest BCUT2D eigenvalue weighted by molar-refractivity contribution is -0.124. The third-order valence-electron chi connectivity index (χ3n) is 3.88. The second kappa shape index (κ2) is 7.18. The Morgan fingerprint density at radius 1 is 1.35 bits per heavy atom. The van der Waals surface area contributed by atoms with E-state index in [1.807, 2.05) is 0 Å². The highest BCUT2D eigenvalue weighted by Gasteiger charge is 2.36. The zero-order valence-corrected chi connectivity index (χ0v) is 14.4. The molecule has 1 atom stereocenters. The number of nitrogens with zero attached hydrogens (tertiary/aromatic N) is 1. The average Bonchev–Trinajstić information content (AvgIpc) is 3.02. The van der Waals surface area contributed by atoms with Gasteiger partial charge in [0.25, 0.3) is 0 Å². The quantitative estimate of drug-likeness (QED) is 0.824. The van der Waals surface area contributed by atoms with Crippen LogP contribution in [0.2, 0.25) is 0 Å². The van der Waals surface area contributed by atoms with Crippen molar-refractivity contribution in [2.75, 3.05) is 27.0 Å². The lowest BCUT2D eigenvalue weighted by Gasteiger charge is -2.21. The lowest BCUT2D eigenvalue weighted by atomic mass is 10.1. The summed E-state index contributed by atoms with van der Waals surface area (Å²) in [5, 5.41) is 2.79. The molecule has 0 spiro atoms. The number of nitrogens with one attached hydrogen (secondary N) is 1. The lowest BCUT2D eigenvalue weighted by Crippen LogP contribution is -2.45. The van der Waals surface area contributed by atoms with Crippen molar-refractivity contribution in [3.05, 3.63) is 23.8 Å². The van der Waals surface area contributed by atoms with Gasteiger partial charge in [-0.1, -0.05) is 0 Å². The maximum absolute atomic E-state index is 12.3. The minimum atomic E-state index is -3.37. The number of methoxy groups -OCH3 is 2. The Kier molecular flexibility index (Phi) is 5.48. The van der Waals surface area contributed by atoms with Crippen molar-refractivity contribution in [2.24, 2.45) is 0 Å². The summed E-state index contributed by atoms with van der Waals surface area (Å²) in [5.74, 6) is 0.984. The molecule has 1 N–H and O–H groups in total. The predicted octanol–water partition coefficient (Wildman–Crippen LogP) is 0.744. The molecule has 0 aliphatic carbocycles. The van der Waals surface area contributed by atoms with Crippen molar-refractivity contribution < 1.29 is 22.7 Å². The summed E-state index contributed by atoms with van der Waals surface area (Å²) in [6, 6.07) is 4.69. The Morgan fingerprint density at radius 3 is 2.70 bits per heavy atom. The molecule has 1 aliphatic heterocycles. The molecule has 2 rings (SSSR count). The van der Waals surface area contributed by atoms with E-state index in [-0.39, 0.29) is 12.5 Å². The molecule has 1 saturated heterocycles. The molecule has 0 radical (unpaired) electrons. The maximum atomic E-state index is 12.3. The molecule has 7 nitrogen and oxygen atoms in total. The molecular formula is C15H22N2O5S. The zero-order valence-electron chi connectivity index (χ0n) is 13.5. The Morgan fingerprint density at radius 2 is 2.09 bits per heavy atom. The van der Waals surface area contributed by atoms with Gasteiger partial charge >= 0.3 is 0 Å². The van der Waals surface area contributed by atoms with Gasteiger partial charge in [0, 0.05) is 24.7 Å². The first-order chi connectivity index (χ1) is 10.9. The third-order valence-corrected chi connectivity index (χ3v) is 5.17. The Hall–Kier alpha value is -1.80. The summed E-state index contributed by atoms with van der Waals surface area (Å²) >= 11 is 0. The second-order valence-electron chi connectivity index (χ2n) is 5.43. The molecule has 0 bridgehead atoms. The molecule has 0 aromatic heterocycles. The maximum Gasteiger partial charge on any atom is 0.238 e. The van der Waals surface area contributed by atoms with Crippen molar-refractivity contribution in [3.8, 4) is 11.5 Å². The highest BCUT2D eigenvalue weighted by Crippen LogP contribution is 2.25. The number of carbonyl (C=O) groups is 1. The normalized spacial score (nSPS) is 18.7. The Bertz CT molecular complexity index is 674. The van der Waals surface area contributed by atoms with Gasteiger partial charge in [-0.25, -0.2) is 8.42 Å². The molecule has 1 amide bonds. The second-order valence-corrected chi connectivity index (χ2v) is 7.36. The molecule has 128 valence electrons. The summed E-state index contributed by atoms with van der Waals surface area (Å²) in [4.78, 5) is 12.3. The van der Waals surface area contributed by atoms with Crippen molar-refractivity contribution in [1.29, 1.82) is 0 Å². The first-order valence-corrected chi connectivity index (χ1v) is 9.17. The van der Waals surface area contributed by atoms with E-state index in [1.165, 1.54) is 4.31 Å². The number of hydrogen-bond acceptors (Lipinski definition) is 5. The predicted molar refractivity (Wildman–Crippen MR) is 86.0 cm³/mol. The molecule has 0 unspecified atom stereocenters. The van der Waals surface area contributed by atoms with Crippen LogP contribution in [0, 0.1) is 0 Å². The van der Waals surface area contributed by atoms with Gasteiger partial charge in [-0.3, -0.25) is 4.79 Å². The molecule has 8 heteroatoms.